The zero-order chi connectivity index (χ0) is 17.8. The molecule has 0 unspecified atom stereocenters. The van der Waals surface area contributed by atoms with Crippen LogP contribution in [0, 0.1) is 23.7 Å². The molecular weight excluding hydrogens is 350 g/mol. The van der Waals surface area contributed by atoms with Crippen molar-refractivity contribution < 1.29 is 19.1 Å². The first-order valence-electron chi connectivity index (χ1n) is 8.55. The Labute approximate surface area is 153 Å². The molecule has 0 radical (unpaired) electrons. The highest BCUT2D eigenvalue weighted by Crippen LogP contribution is 2.53. The van der Waals surface area contributed by atoms with Gasteiger partial charge in [0.05, 0.1) is 17.5 Å². The number of ether oxygens (including phenoxy) is 1. The minimum Gasteiger partial charge on any atom is -0.422 e. The third-order valence-corrected chi connectivity index (χ3v) is 6.35. The Balaban J connectivity index is 1.36. The van der Waals surface area contributed by atoms with E-state index in [1.807, 2.05) is 5.38 Å². The Morgan fingerprint density at radius 3 is 2.23 bits per heavy atom. The minimum absolute atomic E-state index is 0.111. The van der Waals surface area contributed by atoms with Gasteiger partial charge in [-0.15, -0.1) is 11.3 Å². The van der Waals surface area contributed by atoms with E-state index < -0.39 is 5.97 Å². The Kier molecular flexibility index (Phi) is 3.37. The highest BCUT2D eigenvalue weighted by atomic mass is 32.1. The van der Waals surface area contributed by atoms with Gasteiger partial charge in [0.1, 0.15) is 10.6 Å². The van der Waals surface area contributed by atoms with Crippen molar-refractivity contribution in [2.75, 3.05) is 4.90 Å². The maximum atomic E-state index is 12.8. The number of thiophene rings is 1. The zero-order valence-electron chi connectivity index (χ0n) is 13.7. The summed E-state index contributed by atoms with van der Waals surface area (Å²) in [5.41, 5.74) is 0.532. The van der Waals surface area contributed by atoms with Crippen LogP contribution >= 0.6 is 11.3 Å². The first-order chi connectivity index (χ1) is 12.6. The predicted molar refractivity (Wildman–Crippen MR) is 95.9 cm³/mol. The van der Waals surface area contributed by atoms with Gasteiger partial charge in [-0.05, 0) is 54.0 Å². The summed E-state index contributed by atoms with van der Waals surface area (Å²) < 4.78 is 5.32. The quantitative estimate of drug-likeness (QED) is 0.362. The standard InChI is InChI=1S/C20H15NO4S/c22-18-16-11-3-4-12(10-11)17(16)19(23)21(18)13-5-7-14(8-6-13)25-20(24)15-2-1-9-26-15/h1-9,11-12,16-17H,10H2/t11-,12-,16-,17+/m1/s1. The molecule has 1 saturated carbocycles. The van der Waals surface area contributed by atoms with E-state index in [0.717, 1.165) is 6.42 Å². The van der Waals surface area contributed by atoms with Gasteiger partial charge in [-0.2, -0.15) is 0 Å². The smallest absolute Gasteiger partial charge is 0.353 e. The van der Waals surface area contributed by atoms with Crippen LogP contribution in [0.25, 0.3) is 0 Å². The number of benzene rings is 1. The Hall–Kier alpha value is -2.73. The second-order valence-corrected chi connectivity index (χ2v) is 7.82. The van der Waals surface area contributed by atoms with E-state index in [2.05, 4.69) is 12.2 Å². The molecule has 5 rings (SSSR count). The third-order valence-electron chi connectivity index (χ3n) is 5.50. The van der Waals surface area contributed by atoms with Crippen molar-refractivity contribution in [2.24, 2.45) is 23.7 Å². The lowest BCUT2D eigenvalue weighted by atomic mass is 9.85. The van der Waals surface area contributed by atoms with E-state index in [1.165, 1.54) is 16.2 Å². The highest BCUT2D eigenvalue weighted by molar-refractivity contribution is 7.12. The first-order valence-corrected chi connectivity index (χ1v) is 9.43. The van der Waals surface area contributed by atoms with Crippen molar-refractivity contribution in [3.8, 4) is 5.75 Å². The second kappa shape index (κ2) is 5.64. The summed E-state index contributed by atoms with van der Waals surface area (Å²) in [6, 6.07) is 10.0. The largest absolute Gasteiger partial charge is 0.422 e. The molecule has 1 saturated heterocycles. The van der Waals surface area contributed by atoms with E-state index >= 15 is 0 Å². The summed E-state index contributed by atoms with van der Waals surface area (Å²) in [6.07, 6.45) is 5.07. The fraction of sp³-hybridized carbons (Fsp3) is 0.250. The van der Waals surface area contributed by atoms with Crippen LogP contribution in [0.2, 0.25) is 0 Å². The Bertz CT molecular complexity index is 901. The number of amides is 2. The highest BCUT2D eigenvalue weighted by Gasteiger charge is 2.59. The molecule has 5 nitrogen and oxygen atoms in total. The van der Waals surface area contributed by atoms with Gasteiger partial charge in [-0.25, -0.2) is 4.79 Å². The molecule has 1 aromatic heterocycles. The molecule has 2 amide bonds. The van der Waals surface area contributed by atoms with Crippen LogP contribution in [0.3, 0.4) is 0 Å². The van der Waals surface area contributed by atoms with E-state index in [4.69, 9.17) is 4.74 Å². The van der Waals surface area contributed by atoms with E-state index in [-0.39, 0.29) is 35.5 Å². The third kappa shape index (κ3) is 2.18. The van der Waals surface area contributed by atoms with Crippen molar-refractivity contribution in [2.45, 2.75) is 6.42 Å². The molecule has 3 aliphatic rings. The Morgan fingerprint density at radius 1 is 1.00 bits per heavy atom. The summed E-state index contributed by atoms with van der Waals surface area (Å²) in [5, 5.41) is 1.81. The van der Waals surface area contributed by atoms with Crippen LogP contribution in [0.5, 0.6) is 5.75 Å². The van der Waals surface area contributed by atoms with Crippen molar-refractivity contribution in [1.29, 1.82) is 0 Å². The van der Waals surface area contributed by atoms with E-state index in [1.54, 1.807) is 36.4 Å². The van der Waals surface area contributed by atoms with Gasteiger partial charge in [0.25, 0.3) is 0 Å². The fourth-order valence-corrected chi connectivity index (χ4v) is 4.97. The van der Waals surface area contributed by atoms with Gasteiger partial charge < -0.3 is 4.74 Å². The molecule has 4 atom stereocenters. The predicted octanol–water partition coefficient (Wildman–Crippen LogP) is 3.28. The molecular formula is C20H15NO4S. The van der Waals surface area contributed by atoms with Crippen LogP contribution in [0.15, 0.2) is 53.9 Å². The monoisotopic (exact) mass is 365 g/mol. The number of fused-ring (bicyclic) bond motifs is 5. The van der Waals surface area contributed by atoms with Crippen LogP contribution in [0.1, 0.15) is 16.1 Å². The summed E-state index contributed by atoms with van der Waals surface area (Å²) in [7, 11) is 0. The fourth-order valence-electron chi connectivity index (χ4n) is 4.37. The summed E-state index contributed by atoms with van der Waals surface area (Å²) in [6.45, 7) is 0. The molecule has 26 heavy (non-hydrogen) atoms. The van der Waals surface area contributed by atoms with Crippen molar-refractivity contribution in [3.05, 3.63) is 58.8 Å². The van der Waals surface area contributed by atoms with Crippen molar-refractivity contribution >= 4 is 34.8 Å². The van der Waals surface area contributed by atoms with Gasteiger partial charge in [-0.1, -0.05) is 18.2 Å². The first kappa shape index (κ1) is 15.5. The molecule has 130 valence electrons. The molecule has 2 bridgehead atoms. The van der Waals surface area contributed by atoms with Gasteiger partial charge >= 0.3 is 5.97 Å². The lowest BCUT2D eigenvalue weighted by Crippen LogP contribution is -2.32. The van der Waals surface area contributed by atoms with Crippen LogP contribution in [0.4, 0.5) is 5.69 Å². The molecule has 1 aromatic carbocycles. The van der Waals surface area contributed by atoms with Gasteiger partial charge in [-0.3, -0.25) is 14.5 Å². The summed E-state index contributed by atoms with van der Waals surface area (Å²) in [5.74, 6) is -0.301. The molecule has 2 fully saturated rings. The van der Waals surface area contributed by atoms with E-state index in [0.29, 0.717) is 16.3 Å². The minimum atomic E-state index is -0.418. The number of carbonyl (C=O) groups is 3. The van der Waals surface area contributed by atoms with Crippen LogP contribution < -0.4 is 9.64 Å². The maximum Gasteiger partial charge on any atom is 0.353 e. The average molecular weight is 365 g/mol. The second-order valence-electron chi connectivity index (χ2n) is 6.87. The number of rotatable bonds is 3. The number of allylic oxidation sites excluding steroid dienone is 2. The number of anilines is 1. The summed E-state index contributed by atoms with van der Waals surface area (Å²) in [4.78, 5) is 39.4. The molecule has 0 spiro atoms. The number of imide groups is 1. The maximum absolute atomic E-state index is 12.8. The molecule has 2 heterocycles. The summed E-state index contributed by atoms with van der Waals surface area (Å²) >= 11 is 1.31. The van der Waals surface area contributed by atoms with E-state index in [9.17, 15) is 14.4 Å². The number of carbonyl (C=O) groups excluding carboxylic acids is 3. The number of hydrogen-bond donors (Lipinski definition) is 0. The SMILES string of the molecule is O=C(Oc1ccc(N2C(=O)[C@@H]3[C@H](C2=O)[C@@H]2C=C[C@@H]3C2)cc1)c1cccs1. The average Bonchev–Trinajstić information content (AvgIpc) is 3.41. The topological polar surface area (TPSA) is 63.7 Å². The molecule has 6 heteroatoms. The zero-order valence-corrected chi connectivity index (χ0v) is 14.5. The van der Waals surface area contributed by atoms with Crippen LogP contribution in [-0.2, 0) is 9.59 Å². The Morgan fingerprint density at radius 2 is 1.65 bits per heavy atom. The number of esters is 1. The molecule has 0 N–H and O–H groups in total. The lowest BCUT2D eigenvalue weighted by molar-refractivity contribution is -0.123. The van der Waals surface area contributed by atoms with Gasteiger partial charge in [0, 0.05) is 0 Å². The number of nitrogens with zero attached hydrogens (tertiary/aromatic N) is 1. The van der Waals surface area contributed by atoms with Crippen LogP contribution in [-0.4, -0.2) is 17.8 Å². The molecule has 1 aliphatic heterocycles. The molecule has 2 aromatic rings. The number of hydrogen-bond acceptors (Lipinski definition) is 5. The van der Waals surface area contributed by atoms with Gasteiger partial charge in [0.2, 0.25) is 11.8 Å². The van der Waals surface area contributed by atoms with Gasteiger partial charge in [0.15, 0.2) is 0 Å². The van der Waals surface area contributed by atoms with Crippen molar-refractivity contribution in [1.82, 2.24) is 0 Å². The molecule has 2 aliphatic carbocycles. The normalized spacial score (nSPS) is 28.7. The van der Waals surface area contributed by atoms with Crippen molar-refractivity contribution in [3.63, 3.8) is 0 Å². The lowest BCUT2D eigenvalue weighted by Gasteiger charge is -2.17.